The fourth-order valence-corrected chi connectivity index (χ4v) is 1.64. The van der Waals surface area contributed by atoms with Gasteiger partial charge >= 0.3 is 0 Å². The van der Waals surface area contributed by atoms with Crippen molar-refractivity contribution < 1.29 is 5.11 Å². The molecule has 0 radical (unpaired) electrons. The first-order chi connectivity index (χ1) is 7.10. The summed E-state index contributed by atoms with van der Waals surface area (Å²) in [7, 11) is 0. The quantitative estimate of drug-likeness (QED) is 0.763. The average Bonchev–Trinajstić information content (AvgIpc) is 2.51. The van der Waals surface area contributed by atoms with Crippen molar-refractivity contribution in [3.8, 4) is 0 Å². The number of rotatable bonds is 5. The molecule has 1 heterocycles. The van der Waals surface area contributed by atoms with Gasteiger partial charge in [0.25, 0.3) is 0 Å². The van der Waals surface area contributed by atoms with E-state index >= 15 is 0 Å². The first kappa shape index (κ1) is 12.2. The highest BCUT2D eigenvalue weighted by atomic mass is 16.3. The Hall–Kier alpha value is -0.870. The van der Waals surface area contributed by atoms with Gasteiger partial charge in [-0.2, -0.15) is 5.10 Å². The Morgan fingerprint density at radius 1 is 1.47 bits per heavy atom. The van der Waals surface area contributed by atoms with E-state index in [1.807, 2.05) is 18.5 Å². The standard InChI is InChI=1S/C11H21N3O/c1-5-14-10(4)11(9(3)13-14)6-12-8(2)7-15/h8,12,15H,5-7H2,1-4H3. The molecule has 1 unspecified atom stereocenters. The minimum absolute atomic E-state index is 0.133. The van der Waals surface area contributed by atoms with Gasteiger partial charge in [-0.05, 0) is 27.7 Å². The molecule has 0 spiro atoms. The van der Waals surface area contributed by atoms with E-state index in [-0.39, 0.29) is 12.6 Å². The van der Waals surface area contributed by atoms with Crippen molar-refractivity contribution in [2.75, 3.05) is 6.61 Å². The van der Waals surface area contributed by atoms with Crippen molar-refractivity contribution in [2.45, 2.75) is 46.8 Å². The molecule has 1 rings (SSSR count). The van der Waals surface area contributed by atoms with Crippen LogP contribution in [0, 0.1) is 13.8 Å². The van der Waals surface area contributed by atoms with Crippen molar-refractivity contribution in [3.63, 3.8) is 0 Å². The van der Waals surface area contributed by atoms with E-state index in [1.165, 1.54) is 11.3 Å². The van der Waals surface area contributed by atoms with Crippen LogP contribution in [0.4, 0.5) is 0 Å². The van der Waals surface area contributed by atoms with Crippen LogP contribution in [0.5, 0.6) is 0 Å². The van der Waals surface area contributed by atoms with Gasteiger partial charge in [-0.25, -0.2) is 0 Å². The van der Waals surface area contributed by atoms with Crippen LogP contribution in [0.3, 0.4) is 0 Å². The van der Waals surface area contributed by atoms with Gasteiger partial charge in [-0.3, -0.25) is 4.68 Å². The summed E-state index contributed by atoms with van der Waals surface area (Å²) >= 11 is 0. The van der Waals surface area contributed by atoms with Crippen LogP contribution in [0.2, 0.25) is 0 Å². The maximum absolute atomic E-state index is 8.92. The summed E-state index contributed by atoms with van der Waals surface area (Å²) in [6, 6.07) is 0.133. The van der Waals surface area contributed by atoms with Gasteiger partial charge in [-0.15, -0.1) is 0 Å². The Balaban J connectivity index is 2.72. The fourth-order valence-electron chi connectivity index (χ4n) is 1.64. The maximum atomic E-state index is 8.92. The van der Waals surface area contributed by atoms with Gasteiger partial charge < -0.3 is 10.4 Å². The lowest BCUT2D eigenvalue weighted by Gasteiger charge is -2.10. The zero-order chi connectivity index (χ0) is 11.4. The van der Waals surface area contributed by atoms with Crippen molar-refractivity contribution >= 4 is 0 Å². The molecule has 0 saturated carbocycles. The molecule has 4 heteroatoms. The molecule has 2 N–H and O–H groups in total. The highest BCUT2D eigenvalue weighted by Gasteiger charge is 2.10. The van der Waals surface area contributed by atoms with Crippen LogP contribution in [-0.2, 0) is 13.1 Å². The average molecular weight is 211 g/mol. The Morgan fingerprint density at radius 2 is 2.13 bits per heavy atom. The van der Waals surface area contributed by atoms with Crippen molar-refractivity contribution in [1.82, 2.24) is 15.1 Å². The molecule has 0 saturated heterocycles. The predicted molar refractivity (Wildman–Crippen MR) is 60.8 cm³/mol. The maximum Gasteiger partial charge on any atom is 0.0641 e. The third-order valence-electron chi connectivity index (χ3n) is 2.73. The van der Waals surface area contributed by atoms with Crippen molar-refractivity contribution in [3.05, 3.63) is 17.0 Å². The van der Waals surface area contributed by atoms with E-state index in [1.54, 1.807) is 0 Å². The Bertz CT molecular complexity index is 320. The number of aliphatic hydroxyl groups is 1. The molecular weight excluding hydrogens is 190 g/mol. The fraction of sp³-hybridized carbons (Fsp3) is 0.727. The van der Waals surface area contributed by atoms with Crippen LogP contribution < -0.4 is 5.32 Å². The molecule has 86 valence electrons. The van der Waals surface area contributed by atoms with Crippen LogP contribution in [0.25, 0.3) is 0 Å². The first-order valence-corrected chi connectivity index (χ1v) is 5.47. The minimum atomic E-state index is 0.133. The summed E-state index contributed by atoms with van der Waals surface area (Å²) in [6.07, 6.45) is 0. The lowest BCUT2D eigenvalue weighted by atomic mass is 10.2. The molecular formula is C11H21N3O. The van der Waals surface area contributed by atoms with Crippen LogP contribution in [0.1, 0.15) is 30.8 Å². The third kappa shape index (κ3) is 2.79. The van der Waals surface area contributed by atoms with Gasteiger partial charge in [0.1, 0.15) is 0 Å². The topological polar surface area (TPSA) is 50.1 Å². The van der Waals surface area contributed by atoms with E-state index in [0.29, 0.717) is 0 Å². The second kappa shape index (κ2) is 5.28. The molecule has 1 atom stereocenters. The summed E-state index contributed by atoms with van der Waals surface area (Å²) in [5, 5.41) is 16.6. The molecule has 0 aliphatic heterocycles. The zero-order valence-electron chi connectivity index (χ0n) is 10.0. The molecule has 1 aromatic heterocycles. The van der Waals surface area contributed by atoms with Crippen molar-refractivity contribution in [2.24, 2.45) is 0 Å². The van der Waals surface area contributed by atoms with E-state index in [4.69, 9.17) is 5.11 Å². The lowest BCUT2D eigenvalue weighted by molar-refractivity contribution is 0.251. The number of aromatic nitrogens is 2. The Kier molecular flexibility index (Phi) is 4.29. The summed E-state index contributed by atoms with van der Waals surface area (Å²) < 4.78 is 2.01. The summed E-state index contributed by atoms with van der Waals surface area (Å²) in [5.74, 6) is 0. The summed E-state index contributed by atoms with van der Waals surface area (Å²) in [4.78, 5) is 0. The summed E-state index contributed by atoms with van der Waals surface area (Å²) in [6.45, 7) is 10.0. The highest BCUT2D eigenvalue weighted by molar-refractivity contribution is 5.24. The van der Waals surface area contributed by atoms with Gasteiger partial charge in [0.2, 0.25) is 0 Å². The van der Waals surface area contributed by atoms with Gasteiger partial charge in [0, 0.05) is 30.4 Å². The second-order valence-electron chi connectivity index (χ2n) is 3.93. The molecule has 0 aliphatic carbocycles. The van der Waals surface area contributed by atoms with Crippen LogP contribution in [-0.4, -0.2) is 27.5 Å². The van der Waals surface area contributed by atoms with Crippen LogP contribution in [0.15, 0.2) is 0 Å². The number of aryl methyl sites for hydroxylation is 2. The lowest BCUT2D eigenvalue weighted by Crippen LogP contribution is -2.29. The van der Waals surface area contributed by atoms with Gasteiger partial charge in [0.05, 0.1) is 12.3 Å². The largest absolute Gasteiger partial charge is 0.395 e. The number of aliphatic hydroxyl groups excluding tert-OH is 1. The third-order valence-corrected chi connectivity index (χ3v) is 2.73. The van der Waals surface area contributed by atoms with E-state index in [9.17, 15) is 0 Å². The number of hydrogen-bond acceptors (Lipinski definition) is 3. The molecule has 0 aliphatic rings. The highest BCUT2D eigenvalue weighted by Crippen LogP contribution is 2.12. The van der Waals surface area contributed by atoms with Gasteiger partial charge in [-0.1, -0.05) is 0 Å². The molecule has 1 aromatic rings. The Labute approximate surface area is 91.3 Å². The smallest absolute Gasteiger partial charge is 0.0641 e. The van der Waals surface area contributed by atoms with E-state index in [0.717, 1.165) is 18.8 Å². The molecule has 0 amide bonds. The Morgan fingerprint density at radius 3 is 2.60 bits per heavy atom. The normalized spacial score (nSPS) is 13.1. The minimum Gasteiger partial charge on any atom is -0.395 e. The predicted octanol–water partition coefficient (Wildman–Crippen LogP) is 0.990. The summed E-state index contributed by atoms with van der Waals surface area (Å²) in [5.41, 5.74) is 3.54. The van der Waals surface area contributed by atoms with E-state index in [2.05, 4.69) is 24.3 Å². The van der Waals surface area contributed by atoms with E-state index < -0.39 is 0 Å². The molecule has 4 nitrogen and oxygen atoms in total. The van der Waals surface area contributed by atoms with Crippen LogP contribution >= 0.6 is 0 Å². The van der Waals surface area contributed by atoms with Crippen molar-refractivity contribution in [1.29, 1.82) is 0 Å². The molecule has 15 heavy (non-hydrogen) atoms. The SMILES string of the molecule is CCn1nc(C)c(CNC(C)CO)c1C. The molecule has 0 aromatic carbocycles. The molecule has 0 bridgehead atoms. The number of nitrogens with zero attached hydrogens (tertiary/aromatic N) is 2. The second-order valence-corrected chi connectivity index (χ2v) is 3.93. The monoisotopic (exact) mass is 211 g/mol. The number of nitrogens with one attached hydrogen (secondary N) is 1. The number of hydrogen-bond donors (Lipinski definition) is 2. The first-order valence-electron chi connectivity index (χ1n) is 5.47. The zero-order valence-corrected chi connectivity index (χ0v) is 10.0. The molecule has 0 fully saturated rings. The van der Waals surface area contributed by atoms with Gasteiger partial charge in [0.15, 0.2) is 0 Å².